The number of carbonyl (C=O) groups excluding carboxylic acids is 3. The predicted octanol–water partition coefficient (Wildman–Crippen LogP) is 2.55. The van der Waals surface area contributed by atoms with E-state index in [1.807, 2.05) is 12.1 Å². The zero-order valence-electron chi connectivity index (χ0n) is 15.8. The number of benzene rings is 1. The van der Waals surface area contributed by atoms with Gasteiger partial charge in [0, 0.05) is 43.3 Å². The molecule has 3 rings (SSSR count). The van der Waals surface area contributed by atoms with Crippen molar-refractivity contribution in [3.8, 4) is 0 Å². The van der Waals surface area contributed by atoms with E-state index in [1.54, 1.807) is 28.9 Å². The SMILES string of the molecule is CCOC(=O)N1CCC(NC(=O)c2ccc(N3CCCCC3=O)cc2)CC1. The molecule has 146 valence electrons. The Kier molecular flexibility index (Phi) is 6.32. The molecule has 0 aliphatic carbocycles. The molecule has 0 aromatic heterocycles. The second kappa shape index (κ2) is 8.88. The molecule has 1 aromatic carbocycles. The normalized spacial score (nSPS) is 18.3. The van der Waals surface area contributed by atoms with E-state index in [0.29, 0.717) is 44.5 Å². The standard InChI is InChI=1S/C20H27N3O4/c1-2-27-20(26)22-13-10-16(11-14-22)21-19(25)15-6-8-17(9-7-15)23-12-4-3-5-18(23)24/h6-9,16H,2-5,10-14H2,1H3,(H,21,25). The summed E-state index contributed by atoms with van der Waals surface area (Å²) in [5, 5.41) is 3.04. The van der Waals surface area contributed by atoms with Gasteiger partial charge in [0.2, 0.25) is 5.91 Å². The zero-order chi connectivity index (χ0) is 19.2. The van der Waals surface area contributed by atoms with Gasteiger partial charge in [0.05, 0.1) is 6.61 Å². The average Bonchev–Trinajstić information content (AvgIpc) is 2.69. The fourth-order valence-electron chi connectivity index (χ4n) is 3.56. The third-order valence-electron chi connectivity index (χ3n) is 5.12. The number of carbonyl (C=O) groups is 3. The summed E-state index contributed by atoms with van der Waals surface area (Å²) in [5.74, 6) is 0.0212. The van der Waals surface area contributed by atoms with Crippen LogP contribution in [0.5, 0.6) is 0 Å². The van der Waals surface area contributed by atoms with Gasteiger partial charge in [0.25, 0.3) is 5.91 Å². The number of nitrogens with zero attached hydrogens (tertiary/aromatic N) is 2. The van der Waals surface area contributed by atoms with Crippen LogP contribution >= 0.6 is 0 Å². The molecule has 0 atom stereocenters. The Labute approximate surface area is 159 Å². The highest BCUT2D eigenvalue weighted by atomic mass is 16.6. The highest BCUT2D eigenvalue weighted by molar-refractivity contribution is 5.97. The summed E-state index contributed by atoms with van der Waals surface area (Å²) < 4.78 is 5.01. The van der Waals surface area contributed by atoms with Crippen molar-refractivity contribution in [3.63, 3.8) is 0 Å². The van der Waals surface area contributed by atoms with E-state index in [9.17, 15) is 14.4 Å². The number of likely N-dealkylation sites (tertiary alicyclic amines) is 1. The molecular weight excluding hydrogens is 346 g/mol. The first kappa shape index (κ1) is 19.2. The maximum atomic E-state index is 12.5. The molecule has 2 aliphatic heterocycles. The van der Waals surface area contributed by atoms with Gasteiger partial charge in [-0.25, -0.2) is 4.79 Å². The topological polar surface area (TPSA) is 79.0 Å². The largest absolute Gasteiger partial charge is 0.450 e. The first-order valence-corrected chi connectivity index (χ1v) is 9.71. The Balaban J connectivity index is 1.51. The van der Waals surface area contributed by atoms with Gasteiger partial charge < -0.3 is 19.9 Å². The molecule has 1 N–H and O–H groups in total. The third kappa shape index (κ3) is 4.78. The lowest BCUT2D eigenvalue weighted by atomic mass is 10.0. The first-order chi connectivity index (χ1) is 13.1. The summed E-state index contributed by atoms with van der Waals surface area (Å²) in [4.78, 5) is 39.7. The van der Waals surface area contributed by atoms with Crippen LogP contribution in [0, 0.1) is 0 Å². The zero-order valence-corrected chi connectivity index (χ0v) is 15.8. The van der Waals surface area contributed by atoms with E-state index in [2.05, 4.69) is 5.32 Å². The maximum Gasteiger partial charge on any atom is 0.409 e. The van der Waals surface area contributed by atoms with Crippen molar-refractivity contribution in [1.82, 2.24) is 10.2 Å². The van der Waals surface area contributed by atoms with Gasteiger partial charge in [0.1, 0.15) is 0 Å². The second-order valence-corrected chi connectivity index (χ2v) is 6.98. The van der Waals surface area contributed by atoms with E-state index in [-0.39, 0.29) is 23.9 Å². The van der Waals surface area contributed by atoms with Crippen molar-refractivity contribution in [2.75, 3.05) is 31.1 Å². The van der Waals surface area contributed by atoms with Crippen LogP contribution in [-0.2, 0) is 9.53 Å². The summed E-state index contributed by atoms with van der Waals surface area (Å²) in [6.07, 6.45) is 3.69. The molecule has 3 amide bonds. The number of hydrogen-bond donors (Lipinski definition) is 1. The van der Waals surface area contributed by atoms with E-state index >= 15 is 0 Å². The molecule has 7 heteroatoms. The molecular formula is C20H27N3O4. The van der Waals surface area contributed by atoms with Crippen molar-refractivity contribution < 1.29 is 19.1 Å². The van der Waals surface area contributed by atoms with E-state index in [1.165, 1.54) is 0 Å². The summed E-state index contributed by atoms with van der Waals surface area (Å²) in [6, 6.07) is 7.25. The Bertz CT molecular complexity index is 681. The Morgan fingerprint density at radius 3 is 2.44 bits per heavy atom. The lowest BCUT2D eigenvalue weighted by Gasteiger charge is -2.31. The highest BCUT2D eigenvalue weighted by Crippen LogP contribution is 2.21. The van der Waals surface area contributed by atoms with E-state index < -0.39 is 0 Å². The second-order valence-electron chi connectivity index (χ2n) is 6.98. The minimum Gasteiger partial charge on any atom is -0.450 e. The van der Waals surface area contributed by atoms with Gasteiger partial charge in [-0.15, -0.1) is 0 Å². The van der Waals surface area contributed by atoms with Gasteiger partial charge in [-0.1, -0.05) is 0 Å². The Morgan fingerprint density at radius 2 is 1.81 bits per heavy atom. The van der Waals surface area contributed by atoms with Crippen LogP contribution in [0.25, 0.3) is 0 Å². The summed E-state index contributed by atoms with van der Waals surface area (Å²) in [5.41, 5.74) is 1.43. The number of piperidine rings is 2. The maximum absolute atomic E-state index is 12.5. The molecule has 2 fully saturated rings. The number of hydrogen-bond acceptors (Lipinski definition) is 4. The number of nitrogens with one attached hydrogen (secondary N) is 1. The summed E-state index contributed by atoms with van der Waals surface area (Å²) >= 11 is 0. The van der Waals surface area contributed by atoms with Crippen LogP contribution in [0.3, 0.4) is 0 Å². The molecule has 1 aromatic rings. The van der Waals surface area contributed by atoms with Crippen LogP contribution < -0.4 is 10.2 Å². The predicted molar refractivity (Wildman–Crippen MR) is 102 cm³/mol. The molecule has 0 spiro atoms. The van der Waals surface area contributed by atoms with Gasteiger partial charge >= 0.3 is 6.09 Å². The van der Waals surface area contributed by atoms with Gasteiger partial charge in [-0.2, -0.15) is 0 Å². The fraction of sp³-hybridized carbons (Fsp3) is 0.550. The molecule has 2 aliphatic rings. The number of ether oxygens (including phenoxy) is 1. The minimum absolute atomic E-state index is 0.0477. The number of rotatable bonds is 4. The Hall–Kier alpha value is -2.57. The van der Waals surface area contributed by atoms with Crippen molar-refractivity contribution >= 4 is 23.6 Å². The Morgan fingerprint density at radius 1 is 1.11 bits per heavy atom. The van der Waals surface area contributed by atoms with Crippen LogP contribution in [0.15, 0.2) is 24.3 Å². The number of amides is 3. The molecule has 0 radical (unpaired) electrons. The molecule has 2 heterocycles. The van der Waals surface area contributed by atoms with Crippen LogP contribution in [0.2, 0.25) is 0 Å². The molecule has 27 heavy (non-hydrogen) atoms. The third-order valence-corrected chi connectivity index (χ3v) is 5.12. The van der Waals surface area contributed by atoms with E-state index in [4.69, 9.17) is 4.74 Å². The minimum atomic E-state index is -0.287. The van der Waals surface area contributed by atoms with Gasteiger partial charge in [-0.3, -0.25) is 9.59 Å². The fourth-order valence-corrected chi connectivity index (χ4v) is 3.56. The quantitative estimate of drug-likeness (QED) is 0.880. The average molecular weight is 373 g/mol. The van der Waals surface area contributed by atoms with Crippen molar-refractivity contribution in [3.05, 3.63) is 29.8 Å². The lowest BCUT2D eigenvalue weighted by molar-refractivity contribution is -0.119. The highest BCUT2D eigenvalue weighted by Gasteiger charge is 2.25. The van der Waals surface area contributed by atoms with Crippen LogP contribution in [0.1, 0.15) is 49.4 Å². The molecule has 2 saturated heterocycles. The lowest BCUT2D eigenvalue weighted by Crippen LogP contribution is -2.46. The molecule has 0 saturated carbocycles. The van der Waals surface area contributed by atoms with Crippen molar-refractivity contribution in [2.24, 2.45) is 0 Å². The molecule has 0 unspecified atom stereocenters. The van der Waals surface area contributed by atoms with Gasteiger partial charge in [0.15, 0.2) is 0 Å². The smallest absolute Gasteiger partial charge is 0.409 e. The van der Waals surface area contributed by atoms with Crippen LogP contribution in [0.4, 0.5) is 10.5 Å². The number of anilines is 1. The van der Waals surface area contributed by atoms with Gasteiger partial charge in [-0.05, 0) is 56.9 Å². The first-order valence-electron chi connectivity index (χ1n) is 9.71. The summed E-state index contributed by atoms with van der Waals surface area (Å²) in [6.45, 7) is 4.06. The molecule has 7 nitrogen and oxygen atoms in total. The van der Waals surface area contributed by atoms with E-state index in [0.717, 1.165) is 25.1 Å². The monoisotopic (exact) mass is 373 g/mol. The molecule has 0 bridgehead atoms. The van der Waals surface area contributed by atoms with Crippen molar-refractivity contribution in [2.45, 2.75) is 45.1 Å². The summed E-state index contributed by atoms with van der Waals surface area (Å²) in [7, 11) is 0. The van der Waals surface area contributed by atoms with Crippen molar-refractivity contribution in [1.29, 1.82) is 0 Å². The van der Waals surface area contributed by atoms with Crippen LogP contribution in [-0.4, -0.2) is 55.1 Å².